The van der Waals surface area contributed by atoms with Gasteiger partial charge in [0.1, 0.15) is 0 Å². The zero-order valence-corrected chi connectivity index (χ0v) is 10.5. The van der Waals surface area contributed by atoms with Gasteiger partial charge >= 0.3 is 5.97 Å². The van der Waals surface area contributed by atoms with Gasteiger partial charge < -0.3 is 4.74 Å². The van der Waals surface area contributed by atoms with Crippen LogP contribution in [0.2, 0.25) is 0 Å². The SMILES string of the molecule is CCOC(=O)c1nnc2ccc(Br)cn2c1=O. The number of carbonyl (C=O) groups is 1. The van der Waals surface area contributed by atoms with Crippen LogP contribution in [0.4, 0.5) is 0 Å². The largest absolute Gasteiger partial charge is 0.461 e. The lowest BCUT2D eigenvalue weighted by Gasteiger charge is -2.02. The summed E-state index contributed by atoms with van der Waals surface area (Å²) in [6.07, 6.45) is 1.52. The minimum atomic E-state index is -0.764. The summed E-state index contributed by atoms with van der Waals surface area (Å²) in [5.41, 5.74) is -0.497. The Bertz CT molecular complexity index is 638. The van der Waals surface area contributed by atoms with Gasteiger partial charge in [0, 0.05) is 10.7 Å². The molecule has 2 aromatic heterocycles. The lowest BCUT2D eigenvalue weighted by Crippen LogP contribution is -2.26. The zero-order valence-electron chi connectivity index (χ0n) is 8.88. The molecule has 2 rings (SSSR count). The molecule has 0 fully saturated rings. The molecule has 0 aliphatic rings. The van der Waals surface area contributed by atoms with Gasteiger partial charge in [-0.25, -0.2) is 4.79 Å². The molecule has 0 saturated carbocycles. The van der Waals surface area contributed by atoms with Crippen LogP contribution < -0.4 is 5.56 Å². The Morgan fingerprint density at radius 1 is 1.47 bits per heavy atom. The number of rotatable bonds is 2. The van der Waals surface area contributed by atoms with Crippen molar-refractivity contribution in [3.63, 3.8) is 0 Å². The fourth-order valence-electron chi connectivity index (χ4n) is 1.30. The first kappa shape index (κ1) is 11.7. The average Bonchev–Trinajstić information content (AvgIpc) is 2.30. The van der Waals surface area contributed by atoms with E-state index >= 15 is 0 Å². The van der Waals surface area contributed by atoms with E-state index in [0.29, 0.717) is 10.1 Å². The van der Waals surface area contributed by atoms with Crippen LogP contribution in [0.25, 0.3) is 5.65 Å². The molecule has 0 atom stereocenters. The Morgan fingerprint density at radius 3 is 2.94 bits per heavy atom. The van der Waals surface area contributed by atoms with Crippen LogP contribution in [-0.2, 0) is 4.74 Å². The molecule has 0 unspecified atom stereocenters. The molecular formula is C10H8BrN3O3. The van der Waals surface area contributed by atoms with Crippen molar-refractivity contribution in [2.24, 2.45) is 0 Å². The number of pyridine rings is 1. The normalized spacial score (nSPS) is 10.5. The van der Waals surface area contributed by atoms with Crippen LogP contribution in [0.3, 0.4) is 0 Å². The number of halogens is 1. The van der Waals surface area contributed by atoms with Crippen molar-refractivity contribution >= 4 is 27.5 Å². The van der Waals surface area contributed by atoms with Gasteiger partial charge in [0.15, 0.2) is 5.65 Å². The van der Waals surface area contributed by atoms with Crippen molar-refractivity contribution in [3.05, 3.63) is 38.9 Å². The molecule has 2 aromatic rings. The van der Waals surface area contributed by atoms with Crippen LogP contribution in [0.15, 0.2) is 27.6 Å². The fourth-order valence-corrected chi connectivity index (χ4v) is 1.63. The number of ether oxygens (including phenoxy) is 1. The van der Waals surface area contributed by atoms with E-state index in [9.17, 15) is 9.59 Å². The Morgan fingerprint density at radius 2 is 2.24 bits per heavy atom. The molecule has 7 heteroatoms. The summed E-state index contributed by atoms with van der Waals surface area (Å²) in [6, 6.07) is 3.35. The van der Waals surface area contributed by atoms with Crippen molar-refractivity contribution < 1.29 is 9.53 Å². The highest BCUT2D eigenvalue weighted by atomic mass is 79.9. The van der Waals surface area contributed by atoms with Gasteiger partial charge in [0.25, 0.3) is 5.56 Å². The quantitative estimate of drug-likeness (QED) is 0.774. The van der Waals surface area contributed by atoms with Gasteiger partial charge in [0.05, 0.1) is 6.61 Å². The summed E-state index contributed by atoms with van der Waals surface area (Å²) >= 11 is 3.23. The summed E-state index contributed by atoms with van der Waals surface area (Å²) < 4.78 is 6.66. The maximum absolute atomic E-state index is 11.9. The molecule has 0 spiro atoms. The first-order chi connectivity index (χ1) is 8.13. The van der Waals surface area contributed by atoms with Gasteiger partial charge in [-0.15, -0.1) is 10.2 Å². The zero-order chi connectivity index (χ0) is 12.4. The molecule has 0 radical (unpaired) electrons. The lowest BCUT2D eigenvalue weighted by molar-refractivity contribution is 0.0515. The highest BCUT2D eigenvalue weighted by Gasteiger charge is 2.16. The van der Waals surface area contributed by atoms with Gasteiger partial charge in [0.2, 0.25) is 5.69 Å². The van der Waals surface area contributed by atoms with E-state index in [4.69, 9.17) is 4.74 Å². The predicted molar refractivity (Wildman–Crippen MR) is 62.9 cm³/mol. The second-order valence-electron chi connectivity index (χ2n) is 3.15. The minimum Gasteiger partial charge on any atom is -0.461 e. The van der Waals surface area contributed by atoms with E-state index in [1.165, 1.54) is 10.6 Å². The number of nitrogens with zero attached hydrogens (tertiary/aromatic N) is 3. The average molecular weight is 298 g/mol. The Balaban J connectivity index is 2.65. The number of carbonyl (C=O) groups excluding carboxylic acids is 1. The van der Waals surface area contributed by atoms with E-state index < -0.39 is 11.5 Å². The molecule has 2 heterocycles. The van der Waals surface area contributed by atoms with Crippen molar-refractivity contribution in [2.75, 3.05) is 6.61 Å². The van der Waals surface area contributed by atoms with Crippen molar-refractivity contribution in [1.29, 1.82) is 0 Å². The molecule has 6 nitrogen and oxygen atoms in total. The van der Waals surface area contributed by atoms with Crippen LogP contribution in [-0.4, -0.2) is 27.2 Å². The molecule has 0 aliphatic heterocycles. The second kappa shape index (κ2) is 4.62. The Kier molecular flexibility index (Phi) is 3.19. The summed E-state index contributed by atoms with van der Waals surface area (Å²) in [5.74, 6) is -0.764. The van der Waals surface area contributed by atoms with E-state index in [0.717, 1.165) is 0 Å². The topological polar surface area (TPSA) is 73.6 Å². The first-order valence-corrected chi connectivity index (χ1v) is 5.64. The van der Waals surface area contributed by atoms with Crippen molar-refractivity contribution in [1.82, 2.24) is 14.6 Å². The van der Waals surface area contributed by atoms with Crippen LogP contribution in [0.5, 0.6) is 0 Å². The molecule has 0 saturated heterocycles. The number of esters is 1. The van der Waals surface area contributed by atoms with Gasteiger partial charge in [-0.3, -0.25) is 9.20 Å². The molecule has 88 valence electrons. The van der Waals surface area contributed by atoms with E-state index in [1.807, 2.05) is 0 Å². The third kappa shape index (κ3) is 2.19. The third-order valence-electron chi connectivity index (χ3n) is 2.03. The highest BCUT2D eigenvalue weighted by Crippen LogP contribution is 2.08. The molecule has 0 aliphatic carbocycles. The number of fused-ring (bicyclic) bond motifs is 1. The summed E-state index contributed by atoms with van der Waals surface area (Å²) in [6.45, 7) is 1.84. The summed E-state index contributed by atoms with van der Waals surface area (Å²) in [7, 11) is 0. The number of hydrogen-bond donors (Lipinski definition) is 0. The summed E-state index contributed by atoms with van der Waals surface area (Å²) in [4.78, 5) is 23.4. The summed E-state index contributed by atoms with van der Waals surface area (Å²) in [5, 5.41) is 7.36. The Hall–Kier alpha value is -1.76. The first-order valence-electron chi connectivity index (χ1n) is 4.85. The molecule has 0 aromatic carbocycles. The number of hydrogen-bond acceptors (Lipinski definition) is 5. The highest BCUT2D eigenvalue weighted by molar-refractivity contribution is 9.10. The maximum atomic E-state index is 11.9. The van der Waals surface area contributed by atoms with Crippen molar-refractivity contribution in [2.45, 2.75) is 6.92 Å². The smallest absolute Gasteiger partial charge is 0.364 e. The lowest BCUT2D eigenvalue weighted by atomic mass is 10.4. The van der Waals surface area contributed by atoms with Gasteiger partial charge in [-0.05, 0) is 35.0 Å². The number of aromatic nitrogens is 3. The molecule has 0 bridgehead atoms. The molecule has 0 amide bonds. The maximum Gasteiger partial charge on any atom is 0.364 e. The van der Waals surface area contributed by atoms with Crippen LogP contribution in [0, 0.1) is 0 Å². The minimum absolute atomic E-state index is 0.182. The molecule has 17 heavy (non-hydrogen) atoms. The van der Waals surface area contributed by atoms with Gasteiger partial charge in [-0.1, -0.05) is 0 Å². The second-order valence-corrected chi connectivity index (χ2v) is 4.07. The van der Waals surface area contributed by atoms with Crippen molar-refractivity contribution in [3.8, 4) is 0 Å². The monoisotopic (exact) mass is 297 g/mol. The van der Waals surface area contributed by atoms with Gasteiger partial charge in [-0.2, -0.15) is 0 Å². The fraction of sp³-hybridized carbons (Fsp3) is 0.200. The Labute approximate surface area is 104 Å². The third-order valence-corrected chi connectivity index (χ3v) is 2.50. The van der Waals surface area contributed by atoms with E-state index in [1.54, 1.807) is 19.1 Å². The van der Waals surface area contributed by atoms with Crippen LogP contribution >= 0.6 is 15.9 Å². The van der Waals surface area contributed by atoms with E-state index in [2.05, 4.69) is 26.1 Å². The van der Waals surface area contributed by atoms with E-state index in [-0.39, 0.29) is 12.3 Å². The molecular weight excluding hydrogens is 290 g/mol. The van der Waals surface area contributed by atoms with Crippen LogP contribution in [0.1, 0.15) is 17.4 Å². The standard InChI is InChI=1S/C10H8BrN3O3/c1-2-17-10(16)8-9(15)14-5-6(11)3-4-7(14)12-13-8/h3-5H,2H2,1H3. The molecule has 0 N–H and O–H groups in total. The predicted octanol–water partition coefficient (Wildman–Crippen LogP) is 1.03.